The molecule has 0 aliphatic heterocycles. The van der Waals surface area contributed by atoms with Crippen LogP contribution in [-0.2, 0) is 4.74 Å². The van der Waals surface area contributed by atoms with Gasteiger partial charge >= 0.3 is 0 Å². The van der Waals surface area contributed by atoms with Crippen LogP contribution in [0, 0.1) is 46.3 Å². The second kappa shape index (κ2) is 8.33. The first-order chi connectivity index (χ1) is 13.8. The number of allylic oxidation sites excluding steroid dienone is 1. The summed E-state index contributed by atoms with van der Waals surface area (Å²) in [6.07, 6.45) is 18.7. The lowest BCUT2D eigenvalue weighted by Crippen LogP contribution is -2.50. The summed E-state index contributed by atoms with van der Waals surface area (Å²) in [5.41, 5.74) is 2.85. The summed E-state index contributed by atoms with van der Waals surface area (Å²) >= 11 is 0. The minimum atomic E-state index is 0.472. The maximum absolute atomic E-state index is 5.75. The maximum Gasteiger partial charge on any atom is 0.0608 e. The smallest absolute Gasteiger partial charge is 0.0608 e. The lowest BCUT2D eigenvalue weighted by molar-refractivity contribution is -0.0601. The standard InChI is InChI=1S/C28H48O/c1-19(2)8-7-9-20(3)24-12-13-25-23-11-10-21-18-22(29-6)14-16-27(21,4)26(23)15-17-28(24,25)5/h10,19-20,22-26H,7-9,11-18H2,1-6H3/t20-,22+,23+,24-,25?,26+,27+,28-/m1/s1. The van der Waals surface area contributed by atoms with Crippen molar-refractivity contribution in [1.82, 2.24) is 0 Å². The number of hydrogen-bond donors (Lipinski definition) is 0. The highest BCUT2D eigenvalue weighted by Crippen LogP contribution is 2.67. The molecule has 29 heavy (non-hydrogen) atoms. The van der Waals surface area contributed by atoms with Gasteiger partial charge in [0, 0.05) is 7.11 Å². The summed E-state index contributed by atoms with van der Waals surface area (Å²) in [5.74, 6) is 5.63. The Kier molecular flexibility index (Phi) is 6.29. The van der Waals surface area contributed by atoms with Crippen molar-refractivity contribution in [3.8, 4) is 0 Å². The molecule has 0 radical (unpaired) electrons. The first-order valence-corrected chi connectivity index (χ1v) is 13.0. The van der Waals surface area contributed by atoms with Crippen LogP contribution in [0.25, 0.3) is 0 Å². The molecule has 0 saturated heterocycles. The molecule has 0 aromatic rings. The molecule has 0 amide bonds. The van der Waals surface area contributed by atoms with Gasteiger partial charge in [0.15, 0.2) is 0 Å². The zero-order valence-electron chi connectivity index (χ0n) is 20.3. The van der Waals surface area contributed by atoms with E-state index in [9.17, 15) is 0 Å². The predicted octanol–water partition coefficient (Wildman–Crippen LogP) is 8.04. The molecule has 0 spiro atoms. The topological polar surface area (TPSA) is 9.23 Å². The average molecular weight is 401 g/mol. The van der Waals surface area contributed by atoms with E-state index in [4.69, 9.17) is 4.74 Å². The van der Waals surface area contributed by atoms with Crippen LogP contribution in [-0.4, -0.2) is 13.2 Å². The van der Waals surface area contributed by atoms with Crippen LogP contribution in [0.2, 0.25) is 0 Å². The Morgan fingerprint density at radius 2 is 1.79 bits per heavy atom. The highest BCUT2D eigenvalue weighted by Gasteiger charge is 2.59. The van der Waals surface area contributed by atoms with E-state index in [-0.39, 0.29) is 0 Å². The molecule has 1 heteroatoms. The van der Waals surface area contributed by atoms with Gasteiger partial charge < -0.3 is 4.74 Å². The molecular formula is C28H48O. The average Bonchev–Trinajstić information content (AvgIpc) is 3.04. The molecule has 3 fully saturated rings. The van der Waals surface area contributed by atoms with E-state index in [2.05, 4.69) is 40.7 Å². The van der Waals surface area contributed by atoms with Gasteiger partial charge in [0.2, 0.25) is 0 Å². The van der Waals surface area contributed by atoms with Crippen LogP contribution in [0.5, 0.6) is 0 Å². The van der Waals surface area contributed by atoms with Crippen LogP contribution < -0.4 is 0 Å². The molecule has 0 bridgehead atoms. The minimum absolute atomic E-state index is 0.472. The van der Waals surface area contributed by atoms with Gasteiger partial charge in [-0.2, -0.15) is 0 Å². The molecule has 4 aliphatic carbocycles. The Bertz CT molecular complexity index is 605. The number of hydrogen-bond acceptors (Lipinski definition) is 1. The Hall–Kier alpha value is -0.300. The van der Waals surface area contributed by atoms with Crippen molar-refractivity contribution in [1.29, 1.82) is 0 Å². The van der Waals surface area contributed by atoms with Crippen LogP contribution >= 0.6 is 0 Å². The molecule has 166 valence electrons. The van der Waals surface area contributed by atoms with Crippen molar-refractivity contribution in [2.75, 3.05) is 7.11 Å². The Balaban J connectivity index is 1.48. The highest BCUT2D eigenvalue weighted by molar-refractivity contribution is 5.25. The summed E-state index contributed by atoms with van der Waals surface area (Å²) in [4.78, 5) is 0. The van der Waals surface area contributed by atoms with Crippen molar-refractivity contribution in [2.24, 2.45) is 46.3 Å². The first kappa shape index (κ1) is 21.9. The van der Waals surface area contributed by atoms with Gasteiger partial charge in [-0.15, -0.1) is 0 Å². The third-order valence-electron chi connectivity index (χ3n) is 10.6. The van der Waals surface area contributed by atoms with E-state index in [1.54, 1.807) is 5.57 Å². The summed E-state index contributed by atoms with van der Waals surface area (Å²) in [7, 11) is 1.91. The fraction of sp³-hybridized carbons (Fsp3) is 0.929. The summed E-state index contributed by atoms with van der Waals surface area (Å²) in [6, 6.07) is 0. The predicted molar refractivity (Wildman–Crippen MR) is 124 cm³/mol. The molecular weight excluding hydrogens is 352 g/mol. The molecule has 3 saturated carbocycles. The number of rotatable bonds is 6. The lowest BCUT2D eigenvalue weighted by atomic mass is 9.47. The summed E-state index contributed by atoms with van der Waals surface area (Å²) in [6.45, 7) is 12.7. The second-order valence-electron chi connectivity index (χ2n) is 12.4. The van der Waals surface area contributed by atoms with Gasteiger partial charge in [-0.05, 0) is 97.7 Å². The van der Waals surface area contributed by atoms with E-state index in [0.717, 1.165) is 35.5 Å². The van der Waals surface area contributed by atoms with Crippen molar-refractivity contribution >= 4 is 0 Å². The van der Waals surface area contributed by atoms with Crippen LogP contribution in [0.15, 0.2) is 11.6 Å². The zero-order valence-corrected chi connectivity index (χ0v) is 20.3. The molecule has 4 aliphatic rings. The summed E-state index contributed by atoms with van der Waals surface area (Å²) in [5, 5.41) is 0. The Morgan fingerprint density at radius 1 is 1.00 bits per heavy atom. The van der Waals surface area contributed by atoms with Crippen LogP contribution in [0.1, 0.15) is 105 Å². The van der Waals surface area contributed by atoms with E-state index < -0.39 is 0 Å². The maximum atomic E-state index is 5.75. The fourth-order valence-electron chi connectivity index (χ4n) is 8.85. The summed E-state index contributed by atoms with van der Waals surface area (Å²) < 4.78 is 5.75. The van der Waals surface area contributed by atoms with Gasteiger partial charge in [-0.25, -0.2) is 0 Å². The Labute approximate surface area is 181 Å². The van der Waals surface area contributed by atoms with Crippen LogP contribution in [0.4, 0.5) is 0 Å². The minimum Gasteiger partial charge on any atom is -0.381 e. The van der Waals surface area contributed by atoms with Crippen molar-refractivity contribution in [3.05, 3.63) is 11.6 Å². The lowest BCUT2D eigenvalue weighted by Gasteiger charge is -2.58. The molecule has 0 aromatic carbocycles. The van der Waals surface area contributed by atoms with Crippen molar-refractivity contribution in [2.45, 2.75) is 111 Å². The number of methoxy groups -OCH3 is 1. The van der Waals surface area contributed by atoms with Gasteiger partial charge in [0.05, 0.1) is 6.10 Å². The van der Waals surface area contributed by atoms with Gasteiger partial charge in [0.25, 0.3) is 0 Å². The SMILES string of the molecule is CO[C@H]1CC[C@@]2(C)C(=CC[C@H]3C4CC[C@H]([C@H](C)CCCC(C)C)[C@@]4(C)CC[C@@H]32)C1. The van der Waals surface area contributed by atoms with Crippen LogP contribution in [0.3, 0.4) is 0 Å². The molecule has 0 heterocycles. The van der Waals surface area contributed by atoms with E-state index in [0.29, 0.717) is 16.9 Å². The second-order valence-corrected chi connectivity index (χ2v) is 12.4. The first-order valence-electron chi connectivity index (χ1n) is 13.0. The Morgan fingerprint density at radius 3 is 2.52 bits per heavy atom. The van der Waals surface area contributed by atoms with E-state index >= 15 is 0 Å². The molecule has 8 atom stereocenters. The van der Waals surface area contributed by atoms with Gasteiger partial charge in [-0.1, -0.05) is 65.5 Å². The van der Waals surface area contributed by atoms with Gasteiger partial charge in [-0.3, -0.25) is 0 Å². The van der Waals surface area contributed by atoms with Crippen molar-refractivity contribution in [3.63, 3.8) is 0 Å². The molecule has 1 nitrogen and oxygen atoms in total. The monoisotopic (exact) mass is 400 g/mol. The largest absolute Gasteiger partial charge is 0.381 e. The van der Waals surface area contributed by atoms with E-state index in [1.807, 2.05) is 7.11 Å². The number of ether oxygens (including phenoxy) is 1. The molecule has 0 aromatic heterocycles. The van der Waals surface area contributed by atoms with Gasteiger partial charge in [0.1, 0.15) is 0 Å². The fourth-order valence-corrected chi connectivity index (χ4v) is 8.85. The zero-order chi connectivity index (χ0) is 20.8. The third kappa shape index (κ3) is 3.77. The molecule has 1 unspecified atom stereocenters. The highest BCUT2D eigenvalue weighted by atomic mass is 16.5. The molecule has 0 N–H and O–H groups in total. The number of fused-ring (bicyclic) bond motifs is 5. The van der Waals surface area contributed by atoms with E-state index in [1.165, 1.54) is 70.6 Å². The molecule has 4 rings (SSSR count). The third-order valence-corrected chi connectivity index (χ3v) is 10.6. The quantitative estimate of drug-likeness (QED) is 0.410. The van der Waals surface area contributed by atoms with Crippen molar-refractivity contribution < 1.29 is 4.74 Å². The normalized spacial score (nSPS) is 45.3.